The number of hydrogen-bond donors (Lipinski definition) is 2. The van der Waals surface area contributed by atoms with E-state index in [0.717, 1.165) is 0 Å². The number of aliphatic imine (C=N–C) groups is 1. The van der Waals surface area contributed by atoms with Crippen LogP contribution in [0.1, 0.15) is 30.1 Å². The Bertz CT molecular complexity index is 1290. The number of rotatable bonds is 7. The molecule has 2 aromatic rings. The summed E-state index contributed by atoms with van der Waals surface area (Å²) in [5, 5.41) is 13.9. The number of ether oxygens (including phenoxy) is 3. The molecule has 0 radical (unpaired) electrons. The largest absolute Gasteiger partial charge is 0.507 e. The van der Waals surface area contributed by atoms with Crippen LogP contribution < -0.4 is 19.5 Å². The fourth-order valence-electron chi connectivity index (χ4n) is 4.28. The lowest BCUT2D eigenvalue weighted by Gasteiger charge is -2.36. The number of carbonyl (C=O) groups excluding carboxylic acids is 3. The highest BCUT2D eigenvalue weighted by atomic mass is 35.5. The van der Waals surface area contributed by atoms with Crippen LogP contribution in [0.25, 0.3) is 0 Å². The Hall–Kier alpha value is -3.92. The number of hydrogen-bond acceptors (Lipinski definition) is 9. The van der Waals surface area contributed by atoms with Gasteiger partial charge in [-0.3, -0.25) is 19.4 Å². The zero-order valence-electron chi connectivity index (χ0n) is 19.8. The maximum atomic E-state index is 13.7. The summed E-state index contributed by atoms with van der Waals surface area (Å²) in [5.74, 6) is -1.77. The third kappa shape index (κ3) is 4.17. The van der Waals surface area contributed by atoms with E-state index in [1.165, 1.54) is 26.5 Å². The van der Waals surface area contributed by atoms with Gasteiger partial charge in [-0.1, -0.05) is 24.6 Å². The summed E-state index contributed by atoms with van der Waals surface area (Å²) in [7, 11) is 2.79. The van der Waals surface area contributed by atoms with Crippen molar-refractivity contribution < 1.29 is 33.7 Å². The maximum Gasteiger partial charge on any atom is 0.231 e. The lowest BCUT2D eigenvalue weighted by atomic mass is 9.73. The van der Waals surface area contributed by atoms with Crippen LogP contribution in [-0.4, -0.2) is 60.1 Å². The van der Waals surface area contributed by atoms with Gasteiger partial charge in [0.05, 0.1) is 19.8 Å². The van der Waals surface area contributed by atoms with Crippen LogP contribution in [0.15, 0.2) is 46.8 Å². The average molecular weight is 514 g/mol. The molecule has 1 aliphatic carbocycles. The smallest absolute Gasteiger partial charge is 0.231 e. The van der Waals surface area contributed by atoms with Gasteiger partial charge in [-0.15, -0.1) is 0 Å². The number of carbonyl (C=O) groups is 3. The summed E-state index contributed by atoms with van der Waals surface area (Å²) >= 11 is 6.41. The third-order valence-corrected chi connectivity index (χ3v) is 6.49. The van der Waals surface area contributed by atoms with Gasteiger partial charge in [0, 0.05) is 43.8 Å². The fourth-order valence-corrected chi connectivity index (χ4v) is 4.54. The van der Waals surface area contributed by atoms with Gasteiger partial charge in [0.1, 0.15) is 27.9 Å². The number of aliphatic hydroxyl groups is 1. The van der Waals surface area contributed by atoms with Crippen LogP contribution in [0, 0.1) is 5.92 Å². The average Bonchev–Trinajstić information content (AvgIpc) is 3.18. The number of ketones is 2. The number of pyridine rings is 1. The number of anilines is 1. The van der Waals surface area contributed by atoms with Crippen molar-refractivity contribution in [2.24, 2.45) is 10.9 Å². The van der Waals surface area contributed by atoms with Crippen LogP contribution in [0.3, 0.4) is 0 Å². The second-order valence-electron chi connectivity index (χ2n) is 8.31. The molecule has 1 spiro atoms. The first kappa shape index (κ1) is 25.2. The number of nitrogens with zero attached hydrogens (tertiary/aromatic N) is 2. The van der Waals surface area contributed by atoms with Gasteiger partial charge in [0.15, 0.2) is 17.3 Å². The number of nitrogens with one attached hydrogen (secondary N) is 1. The molecule has 2 N–H and O–H groups in total. The summed E-state index contributed by atoms with van der Waals surface area (Å²) in [6, 6.07) is 6.58. The molecule has 2 unspecified atom stereocenters. The van der Waals surface area contributed by atoms with Gasteiger partial charge in [0.2, 0.25) is 17.3 Å². The number of methoxy groups -OCH3 is 2. The molecule has 2 aliphatic rings. The Labute approximate surface area is 211 Å². The Morgan fingerprint density at radius 1 is 1.33 bits per heavy atom. The van der Waals surface area contributed by atoms with E-state index in [9.17, 15) is 19.5 Å². The van der Waals surface area contributed by atoms with Crippen molar-refractivity contribution in [3.05, 3.63) is 52.4 Å². The monoisotopic (exact) mass is 513 g/mol. The topological polar surface area (TPSA) is 136 Å². The fraction of sp³-hybridized carbons (Fsp3) is 0.320. The lowest BCUT2D eigenvalue weighted by molar-refractivity contribution is -0.119. The second-order valence-corrected chi connectivity index (χ2v) is 8.68. The first-order chi connectivity index (χ1) is 17.2. The van der Waals surface area contributed by atoms with E-state index in [-0.39, 0.29) is 58.7 Å². The molecule has 1 amide bonds. The molecular formula is C25H24ClN3O7. The van der Waals surface area contributed by atoms with Crippen molar-refractivity contribution >= 4 is 41.1 Å². The van der Waals surface area contributed by atoms with Crippen LogP contribution in [0.5, 0.6) is 17.2 Å². The maximum absolute atomic E-state index is 13.7. The minimum atomic E-state index is -1.88. The van der Waals surface area contributed by atoms with Crippen molar-refractivity contribution in [3.63, 3.8) is 0 Å². The molecule has 4 rings (SSSR count). The van der Waals surface area contributed by atoms with Crippen molar-refractivity contribution in [1.82, 2.24) is 4.98 Å². The summed E-state index contributed by atoms with van der Waals surface area (Å²) in [6.07, 6.45) is 2.66. The Kier molecular flexibility index (Phi) is 6.98. The molecule has 0 saturated carbocycles. The summed E-state index contributed by atoms with van der Waals surface area (Å²) in [4.78, 5) is 46.7. The van der Waals surface area contributed by atoms with Crippen LogP contribution in [-0.2, 0) is 9.59 Å². The SMILES string of the molecule is COc1cc(OC)c2c(c1Cl)OC1(C2=O)C(O)=C(C=NCCC(=O)Nc2ccccn2)C(=O)CC1C. The van der Waals surface area contributed by atoms with Crippen molar-refractivity contribution in [2.75, 3.05) is 26.1 Å². The number of Topliss-reactive ketones (excluding diaryl/α,β-unsaturated/α-hetero) is 2. The summed E-state index contributed by atoms with van der Waals surface area (Å²) in [6.45, 7) is 1.67. The van der Waals surface area contributed by atoms with Gasteiger partial charge < -0.3 is 24.6 Å². The van der Waals surface area contributed by atoms with Gasteiger partial charge in [-0.05, 0) is 12.1 Å². The molecule has 0 saturated heterocycles. The van der Waals surface area contributed by atoms with Crippen LogP contribution in [0.2, 0.25) is 5.02 Å². The highest BCUT2D eigenvalue weighted by Crippen LogP contribution is 2.54. The molecule has 0 fully saturated rings. The molecule has 36 heavy (non-hydrogen) atoms. The van der Waals surface area contributed by atoms with E-state index in [1.54, 1.807) is 31.3 Å². The zero-order valence-corrected chi connectivity index (χ0v) is 20.6. The number of benzene rings is 1. The highest BCUT2D eigenvalue weighted by molar-refractivity contribution is 6.35. The number of fused-ring (bicyclic) bond motifs is 1. The first-order valence-corrected chi connectivity index (χ1v) is 11.5. The van der Waals surface area contributed by atoms with E-state index in [0.29, 0.717) is 5.82 Å². The van der Waals surface area contributed by atoms with Crippen molar-refractivity contribution in [1.29, 1.82) is 0 Å². The Morgan fingerprint density at radius 2 is 2.08 bits per heavy atom. The molecule has 188 valence electrons. The number of aromatic nitrogens is 1. The van der Waals surface area contributed by atoms with Crippen LogP contribution >= 0.6 is 11.6 Å². The zero-order chi connectivity index (χ0) is 26.0. The highest BCUT2D eigenvalue weighted by Gasteiger charge is 2.60. The third-order valence-electron chi connectivity index (χ3n) is 6.13. The molecular weight excluding hydrogens is 490 g/mol. The molecule has 11 heteroatoms. The molecule has 2 atom stereocenters. The van der Waals surface area contributed by atoms with Crippen molar-refractivity contribution in [3.8, 4) is 17.2 Å². The predicted molar refractivity (Wildman–Crippen MR) is 132 cm³/mol. The van der Waals surface area contributed by atoms with E-state index in [4.69, 9.17) is 25.8 Å². The van der Waals surface area contributed by atoms with Gasteiger partial charge >= 0.3 is 0 Å². The normalized spacial score (nSPS) is 21.1. The minimum Gasteiger partial charge on any atom is -0.507 e. The number of amides is 1. The molecule has 1 aliphatic heterocycles. The van der Waals surface area contributed by atoms with Gasteiger partial charge in [-0.25, -0.2) is 4.98 Å². The van der Waals surface area contributed by atoms with Gasteiger partial charge in [-0.2, -0.15) is 0 Å². The summed E-state index contributed by atoms with van der Waals surface area (Å²) < 4.78 is 16.6. The second kappa shape index (κ2) is 9.98. The number of aliphatic hydroxyl groups excluding tert-OH is 1. The summed E-state index contributed by atoms with van der Waals surface area (Å²) in [5.41, 5.74) is -1.99. The molecule has 1 aromatic carbocycles. The van der Waals surface area contributed by atoms with E-state index in [2.05, 4.69) is 15.3 Å². The Balaban J connectivity index is 1.60. The first-order valence-electron chi connectivity index (χ1n) is 11.1. The quantitative estimate of drug-likeness (QED) is 0.536. The van der Waals surface area contributed by atoms with E-state index >= 15 is 0 Å². The standard InChI is InChI=1S/C25H24ClN3O7/c1-13-10-15(30)14(12-27-9-7-19(31)29-18-6-4-5-8-28-18)23(32)25(13)24(33)20-16(34-2)11-17(35-3)21(26)22(20)36-25/h4-6,8,11-13,32H,7,9-10H2,1-3H3,(H,28,29,31). The number of halogens is 1. The van der Waals surface area contributed by atoms with Crippen LogP contribution in [0.4, 0.5) is 5.82 Å². The van der Waals surface area contributed by atoms with E-state index in [1.807, 2.05) is 0 Å². The Morgan fingerprint density at radius 3 is 2.75 bits per heavy atom. The lowest BCUT2D eigenvalue weighted by Crippen LogP contribution is -2.52. The van der Waals surface area contributed by atoms with E-state index < -0.39 is 28.8 Å². The predicted octanol–water partition coefficient (Wildman–Crippen LogP) is 3.59. The minimum absolute atomic E-state index is 0.00750. The van der Waals surface area contributed by atoms with Gasteiger partial charge in [0.25, 0.3) is 0 Å². The van der Waals surface area contributed by atoms with Crippen molar-refractivity contribution in [2.45, 2.75) is 25.4 Å². The number of allylic oxidation sites excluding steroid dienone is 1. The molecule has 1 aromatic heterocycles. The molecule has 10 nitrogen and oxygen atoms in total. The molecule has 2 heterocycles. The molecule has 0 bridgehead atoms.